The summed E-state index contributed by atoms with van der Waals surface area (Å²) in [5, 5.41) is 6.15. The van der Waals surface area contributed by atoms with E-state index in [1.54, 1.807) is 20.3 Å². The Hall–Kier alpha value is -1.75. The minimum atomic E-state index is 0.0335. The molecule has 19 heavy (non-hydrogen) atoms. The second-order valence-corrected chi connectivity index (χ2v) is 4.70. The Balaban J connectivity index is 2.21. The molecule has 5 nitrogen and oxygen atoms in total. The zero-order valence-corrected chi connectivity index (χ0v) is 11.6. The molecule has 1 heterocycles. The van der Waals surface area contributed by atoms with Crippen LogP contribution >= 0.6 is 0 Å². The summed E-state index contributed by atoms with van der Waals surface area (Å²) >= 11 is 0. The first-order valence-electron chi connectivity index (χ1n) is 6.40. The van der Waals surface area contributed by atoms with Gasteiger partial charge in [0.1, 0.15) is 11.5 Å². The first kappa shape index (κ1) is 13.7. The second-order valence-electron chi connectivity index (χ2n) is 4.70. The molecular weight excluding hydrogens is 244 g/mol. The van der Waals surface area contributed by atoms with Crippen LogP contribution in [0.3, 0.4) is 0 Å². The van der Waals surface area contributed by atoms with Gasteiger partial charge in [0, 0.05) is 12.6 Å². The maximum Gasteiger partial charge on any atom is 0.228 e. The Morgan fingerprint density at radius 3 is 2.74 bits per heavy atom. The molecule has 2 N–H and O–H groups in total. The topological polar surface area (TPSA) is 59.6 Å². The third-order valence-electron chi connectivity index (χ3n) is 3.41. The fraction of sp³-hybridized carbons (Fsp3) is 0.500. The molecule has 5 heteroatoms. The average molecular weight is 264 g/mol. The number of amides is 1. The Morgan fingerprint density at radius 2 is 2.16 bits per heavy atom. The predicted octanol–water partition coefficient (Wildman–Crippen LogP) is 1.56. The van der Waals surface area contributed by atoms with Gasteiger partial charge >= 0.3 is 0 Å². The van der Waals surface area contributed by atoms with Crippen molar-refractivity contribution >= 4 is 11.6 Å². The van der Waals surface area contributed by atoms with Gasteiger partial charge in [0.05, 0.1) is 25.8 Å². The van der Waals surface area contributed by atoms with Gasteiger partial charge in [-0.05, 0) is 31.5 Å². The van der Waals surface area contributed by atoms with Crippen molar-refractivity contribution in [2.75, 3.05) is 32.6 Å². The van der Waals surface area contributed by atoms with Crippen LogP contribution in [0.4, 0.5) is 5.69 Å². The third-order valence-corrected chi connectivity index (χ3v) is 3.41. The Morgan fingerprint density at radius 1 is 1.37 bits per heavy atom. The first-order valence-corrected chi connectivity index (χ1v) is 6.40. The van der Waals surface area contributed by atoms with Gasteiger partial charge in [0.15, 0.2) is 0 Å². The van der Waals surface area contributed by atoms with E-state index in [9.17, 15) is 4.79 Å². The van der Waals surface area contributed by atoms with Crippen LogP contribution in [0.25, 0.3) is 0 Å². The zero-order chi connectivity index (χ0) is 13.8. The summed E-state index contributed by atoms with van der Waals surface area (Å²) in [4.78, 5) is 12.2. The molecule has 1 aliphatic rings. The smallest absolute Gasteiger partial charge is 0.228 e. The minimum absolute atomic E-state index is 0.0335. The lowest BCUT2D eigenvalue weighted by molar-refractivity contribution is -0.119. The second kappa shape index (κ2) is 5.93. The van der Waals surface area contributed by atoms with Crippen molar-refractivity contribution in [2.45, 2.75) is 13.3 Å². The van der Waals surface area contributed by atoms with E-state index >= 15 is 0 Å². The molecule has 1 aromatic carbocycles. The van der Waals surface area contributed by atoms with E-state index < -0.39 is 0 Å². The van der Waals surface area contributed by atoms with E-state index in [-0.39, 0.29) is 11.8 Å². The monoisotopic (exact) mass is 264 g/mol. The van der Waals surface area contributed by atoms with Crippen molar-refractivity contribution in [3.05, 3.63) is 17.7 Å². The standard InChI is InChI=1S/C14H20N2O3/c1-9-6-11(18-2)7-12(19-3)13(9)16-14(17)10-4-5-15-8-10/h6-7,10,15H,4-5,8H2,1-3H3,(H,16,17). The third kappa shape index (κ3) is 2.98. The molecule has 0 bridgehead atoms. The van der Waals surface area contributed by atoms with Crippen LogP contribution in [0.1, 0.15) is 12.0 Å². The SMILES string of the molecule is COc1cc(C)c(NC(=O)C2CCNC2)c(OC)c1. The lowest BCUT2D eigenvalue weighted by Crippen LogP contribution is -2.25. The summed E-state index contributed by atoms with van der Waals surface area (Å²) < 4.78 is 10.5. The number of hydrogen-bond acceptors (Lipinski definition) is 4. The lowest BCUT2D eigenvalue weighted by atomic mass is 10.1. The van der Waals surface area contributed by atoms with E-state index in [1.807, 2.05) is 13.0 Å². The van der Waals surface area contributed by atoms with Gasteiger partial charge in [-0.1, -0.05) is 0 Å². The quantitative estimate of drug-likeness (QED) is 0.866. The maximum atomic E-state index is 12.2. The molecular formula is C14H20N2O3. The van der Waals surface area contributed by atoms with Crippen molar-refractivity contribution in [1.82, 2.24) is 5.32 Å². The van der Waals surface area contributed by atoms with E-state index in [1.165, 1.54) is 0 Å². The van der Waals surface area contributed by atoms with Crippen LogP contribution in [0.15, 0.2) is 12.1 Å². The number of benzene rings is 1. The van der Waals surface area contributed by atoms with Gasteiger partial charge < -0.3 is 20.1 Å². The molecule has 0 saturated carbocycles. The number of nitrogens with one attached hydrogen (secondary N) is 2. The number of carbonyl (C=O) groups is 1. The molecule has 0 aliphatic carbocycles. The molecule has 0 aromatic heterocycles. The molecule has 1 amide bonds. The van der Waals surface area contributed by atoms with Crippen molar-refractivity contribution in [1.29, 1.82) is 0 Å². The van der Waals surface area contributed by atoms with Gasteiger partial charge in [0.2, 0.25) is 5.91 Å². The molecule has 1 atom stereocenters. The minimum Gasteiger partial charge on any atom is -0.497 e. The summed E-state index contributed by atoms with van der Waals surface area (Å²) in [5.74, 6) is 1.41. The summed E-state index contributed by atoms with van der Waals surface area (Å²) in [7, 11) is 3.19. The molecule has 2 rings (SSSR count). The number of rotatable bonds is 4. The Labute approximate surface area is 113 Å². The Bertz CT molecular complexity index is 468. The fourth-order valence-corrected chi connectivity index (χ4v) is 2.27. The molecule has 1 saturated heterocycles. The van der Waals surface area contributed by atoms with Crippen molar-refractivity contribution in [2.24, 2.45) is 5.92 Å². The summed E-state index contributed by atoms with van der Waals surface area (Å²) in [5.41, 5.74) is 1.65. The number of aryl methyl sites for hydroxylation is 1. The highest BCUT2D eigenvalue weighted by Gasteiger charge is 2.24. The summed E-state index contributed by atoms with van der Waals surface area (Å²) in [6.07, 6.45) is 0.878. The molecule has 1 aromatic rings. The predicted molar refractivity (Wildman–Crippen MR) is 73.9 cm³/mol. The van der Waals surface area contributed by atoms with E-state index in [4.69, 9.17) is 9.47 Å². The van der Waals surface area contributed by atoms with Crippen LogP contribution in [0.5, 0.6) is 11.5 Å². The van der Waals surface area contributed by atoms with E-state index in [0.717, 1.165) is 36.5 Å². The van der Waals surface area contributed by atoms with E-state index in [0.29, 0.717) is 5.75 Å². The largest absolute Gasteiger partial charge is 0.497 e. The number of anilines is 1. The number of hydrogen-bond donors (Lipinski definition) is 2. The Kier molecular flexibility index (Phi) is 4.27. The molecule has 0 spiro atoms. The van der Waals surface area contributed by atoms with Crippen LogP contribution in [-0.2, 0) is 4.79 Å². The highest BCUT2D eigenvalue weighted by molar-refractivity contribution is 5.95. The van der Waals surface area contributed by atoms with Gasteiger partial charge in [-0.25, -0.2) is 0 Å². The zero-order valence-electron chi connectivity index (χ0n) is 11.6. The lowest BCUT2D eigenvalue weighted by Gasteiger charge is -2.16. The molecule has 1 fully saturated rings. The van der Waals surface area contributed by atoms with Crippen LogP contribution in [0.2, 0.25) is 0 Å². The fourth-order valence-electron chi connectivity index (χ4n) is 2.27. The summed E-state index contributed by atoms with van der Waals surface area (Å²) in [6, 6.07) is 3.65. The molecule has 104 valence electrons. The van der Waals surface area contributed by atoms with Crippen molar-refractivity contribution < 1.29 is 14.3 Å². The van der Waals surface area contributed by atoms with Gasteiger partial charge in [0.25, 0.3) is 0 Å². The molecule has 1 unspecified atom stereocenters. The number of methoxy groups -OCH3 is 2. The molecule has 0 radical (unpaired) electrons. The van der Waals surface area contributed by atoms with Crippen molar-refractivity contribution in [3.63, 3.8) is 0 Å². The normalized spacial score (nSPS) is 18.2. The van der Waals surface area contributed by atoms with Crippen LogP contribution < -0.4 is 20.1 Å². The van der Waals surface area contributed by atoms with Gasteiger partial charge in [-0.2, -0.15) is 0 Å². The maximum absolute atomic E-state index is 12.2. The number of ether oxygens (including phenoxy) is 2. The van der Waals surface area contributed by atoms with Crippen LogP contribution in [-0.4, -0.2) is 33.2 Å². The highest BCUT2D eigenvalue weighted by atomic mass is 16.5. The van der Waals surface area contributed by atoms with Gasteiger partial charge in [-0.3, -0.25) is 4.79 Å². The van der Waals surface area contributed by atoms with Crippen molar-refractivity contribution in [3.8, 4) is 11.5 Å². The van der Waals surface area contributed by atoms with Crippen LogP contribution in [0, 0.1) is 12.8 Å². The molecule has 1 aliphatic heterocycles. The van der Waals surface area contributed by atoms with Gasteiger partial charge in [-0.15, -0.1) is 0 Å². The first-order chi connectivity index (χ1) is 9.15. The van der Waals surface area contributed by atoms with E-state index in [2.05, 4.69) is 10.6 Å². The average Bonchev–Trinajstić information content (AvgIpc) is 2.94. The highest BCUT2D eigenvalue weighted by Crippen LogP contribution is 2.33. The number of carbonyl (C=O) groups excluding carboxylic acids is 1. The summed E-state index contributed by atoms with van der Waals surface area (Å²) in [6.45, 7) is 3.56.